The number of carbonyl (C=O) groups is 2. The molecule has 1 aliphatic heterocycles. The summed E-state index contributed by atoms with van der Waals surface area (Å²) in [5.41, 5.74) is 0.703. The van der Waals surface area contributed by atoms with Crippen molar-refractivity contribution in [2.24, 2.45) is 0 Å². The van der Waals surface area contributed by atoms with Crippen LogP contribution in [0.5, 0.6) is 0 Å². The topological polar surface area (TPSA) is 96.7 Å². The summed E-state index contributed by atoms with van der Waals surface area (Å²) < 4.78 is 0. The molecule has 88 valence electrons. The number of imide groups is 1. The van der Waals surface area contributed by atoms with Crippen molar-refractivity contribution in [3.63, 3.8) is 0 Å². The van der Waals surface area contributed by atoms with Gasteiger partial charge in [0.1, 0.15) is 5.69 Å². The lowest BCUT2D eigenvalue weighted by atomic mass is 10.2. The molecule has 0 saturated carbocycles. The highest BCUT2D eigenvalue weighted by molar-refractivity contribution is 8.18. The Morgan fingerprint density at radius 3 is 2.29 bits per heavy atom. The molecule has 0 bridgehead atoms. The van der Waals surface area contributed by atoms with E-state index in [9.17, 15) is 20.0 Å². The number of rotatable bonds is 2. The van der Waals surface area contributed by atoms with Crippen molar-refractivity contribution in [1.82, 2.24) is 5.32 Å². The highest BCUT2D eigenvalue weighted by Crippen LogP contribution is 2.25. The third-order valence-corrected chi connectivity index (χ3v) is 2.90. The number of quaternary nitrogens is 1. The fraction of sp³-hybridized carbons (Fsp3) is 0. The maximum absolute atomic E-state index is 11.2. The Morgan fingerprint density at radius 2 is 1.82 bits per heavy atom. The average Bonchev–Trinajstić information content (AvgIpc) is 2.58. The highest BCUT2D eigenvalue weighted by atomic mass is 32.2. The van der Waals surface area contributed by atoms with Gasteiger partial charge in [-0.1, -0.05) is 0 Å². The number of thioether (sulfide) groups is 1. The lowest BCUT2D eigenvalue weighted by molar-refractivity contribution is -0.715. The second-order valence-corrected chi connectivity index (χ2v) is 4.28. The fourth-order valence-corrected chi connectivity index (χ4v) is 1.97. The molecule has 1 aromatic rings. The van der Waals surface area contributed by atoms with Crippen molar-refractivity contribution in [3.8, 4) is 0 Å². The molecule has 1 aliphatic rings. The van der Waals surface area contributed by atoms with Crippen LogP contribution in [-0.2, 0) is 4.79 Å². The first-order chi connectivity index (χ1) is 8.06. The van der Waals surface area contributed by atoms with Gasteiger partial charge in [0.2, 0.25) is 0 Å². The average molecular weight is 251 g/mol. The van der Waals surface area contributed by atoms with E-state index in [0.29, 0.717) is 5.56 Å². The second-order valence-electron chi connectivity index (χ2n) is 3.26. The lowest BCUT2D eigenvalue weighted by Crippen LogP contribution is -2.96. The van der Waals surface area contributed by atoms with Crippen LogP contribution in [-0.4, -0.2) is 11.1 Å². The molecule has 17 heavy (non-hydrogen) atoms. The van der Waals surface area contributed by atoms with Crippen LogP contribution in [0.1, 0.15) is 5.56 Å². The van der Waals surface area contributed by atoms with E-state index in [1.807, 2.05) is 0 Å². The lowest BCUT2D eigenvalue weighted by Gasteiger charge is -2.24. The molecule has 0 aliphatic carbocycles. The van der Waals surface area contributed by atoms with Crippen molar-refractivity contribution < 1.29 is 14.8 Å². The summed E-state index contributed by atoms with van der Waals surface area (Å²) in [5, 5.41) is 21.5. The van der Waals surface area contributed by atoms with Gasteiger partial charge in [0, 0.05) is 12.1 Å². The Hall–Kier alpha value is -1.67. The molecule has 1 aromatic carbocycles. The van der Waals surface area contributed by atoms with Gasteiger partial charge < -0.3 is 15.6 Å². The van der Waals surface area contributed by atoms with Crippen LogP contribution in [0.25, 0.3) is 6.08 Å². The monoisotopic (exact) mass is 251 g/mol. The van der Waals surface area contributed by atoms with E-state index < -0.39 is 16.4 Å². The van der Waals surface area contributed by atoms with Gasteiger partial charge in [0.25, 0.3) is 11.1 Å². The molecule has 6 nitrogen and oxygen atoms in total. The predicted octanol–water partition coefficient (Wildman–Crippen LogP) is 0.522. The first-order valence-electron chi connectivity index (χ1n) is 4.62. The van der Waals surface area contributed by atoms with E-state index in [-0.39, 0.29) is 10.6 Å². The zero-order valence-corrected chi connectivity index (χ0v) is 9.24. The quantitative estimate of drug-likeness (QED) is 0.590. The van der Waals surface area contributed by atoms with Crippen LogP contribution in [0.15, 0.2) is 29.2 Å². The molecule has 7 heteroatoms. The summed E-state index contributed by atoms with van der Waals surface area (Å²) in [6, 6.07) is 5.83. The first-order valence-corrected chi connectivity index (χ1v) is 5.44. The minimum atomic E-state index is -1.26. The number of amides is 2. The Labute approximate surface area is 100 Å². The van der Waals surface area contributed by atoms with E-state index in [4.69, 9.17) is 0 Å². The molecule has 0 unspecified atom stereocenters. The molecule has 1 fully saturated rings. The Kier molecular flexibility index (Phi) is 3.25. The molecule has 0 atom stereocenters. The van der Waals surface area contributed by atoms with E-state index in [0.717, 1.165) is 11.8 Å². The van der Waals surface area contributed by atoms with Crippen LogP contribution >= 0.6 is 11.8 Å². The molecular weight excluding hydrogens is 244 g/mol. The summed E-state index contributed by atoms with van der Waals surface area (Å²) in [4.78, 5) is 22.4. The summed E-state index contributed by atoms with van der Waals surface area (Å²) >= 11 is 0.812. The van der Waals surface area contributed by atoms with Crippen molar-refractivity contribution in [2.75, 3.05) is 0 Å². The number of hydrogen-bond acceptors (Lipinski definition) is 5. The molecule has 0 radical (unpaired) electrons. The standard InChI is InChI=1S/C10H7N2O4S/c13-9-8(17-10(14)11-9)5-6-1-3-7(4-2-6)12(15)16/h1-5,12H,(H,11,13,14)/q-1/b8-5-. The van der Waals surface area contributed by atoms with Gasteiger partial charge >= 0.3 is 0 Å². The molecule has 2 N–H and O–H groups in total. The van der Waals surface area contributed by atoms with Gasteiger partial charge in [-0.15, -0.1) is 0 Å². The zero-order valence-electron chi connectivity index (χ0n) is 8.43. The molecule has 0 aromatic heterocycles. The van der Waals surface area contributed by atoms with Crippen LogP contribution in [0.4, 0.5) is 10.5 Å². The fourth-order valence-electron chi connectivity index (χ4n) is 1.29. The molecule has 1 heterocycles. The first kappa shape index (κ1) is 11.8. The maximum Gasteiger partial charge on any atom is 0.290 e. The summed E-state index contributed by atoms with van der Waals surface area (Å²) in [5.74, 6) is -0.441. The van der Waals surface area contributed by atoms with Crippen LogP contribution in [0, 0.1) is 10.4 Å². The Bertz CT molecular complexity index is 496. The van der Waals surface area contributed by atoms with Gasteiger partial charge in [-0.2, -0.15) is 0 Å². The van der Waals surface area contributed by atoms with Crippen LogP contribution in [0.2, 0.25) is 0 Å². The Balaban J connectivity index is 2.21. The second kappa shape index (κ2) is 4.68. The van der Waals surface area contributed by atoms with Crippen molar-refractivity contribution in [2.45, 2.75) is 0 Å². The minimum absolute atomic E-state index is 0.0618. The largest absolute Gasteiger partial charge is 0.628 e. The summed E-state index contributed by atoms with van der Waals surface area (Å²) in [7, 11) is 0. The van der Waals surface area contributed by atoms with E-state index in [1.165, 1.54) is 30.3 Å². The highest BCUT2D eigenvalue weighted by Gasteiger charge is 2.24. The molecular formula is C10H7N2O4S-. The summed E-state index contributed by atoms with van der Waals surface area (Å²) in [6.45, 7) is 0. The third-order valence-electron chi connectivity index (χ3n) is 2.09. The molecule has 2 amide bonds. The third kappa shape index (κ3) is 2.71. The number of carbonyl (C=O) groups excluding carboxylic acids is 2. The SMILES string of the molecule is O=C1NC(=O)/C(=C/c2ccc([NH+]([O-])[O-])cc2)S1. The van der Waals surface area contributed by atoms with Crippen LogP contribution in [0.3, 0.4) is 0 Å². The van der Waals surface area contributed by atoms with Crippen molar-refractivity contribution in [1.29, 1.82) is 0 Å². The normalized spacial score (nSPS) is 17.9. The molecule has 0 spiro atoms. The van der Waals surface area contributed by atoms with Crippen molar-refractivity contribution in [3.05, 3.63) is 45.1 Å². The maximum atomic E-state index is 11.2. The van der Waals surface area contributed by atoms with Crippen LogP contribution < -0.4 is 10.5 Å². The zero-order chi connectivity index (χ0) is 12.4. The van der Waals surface area contributed by atoms with Gasteiger partial charge in [-0.3, -0.25) is 14.9 Å². The number of hydrogen-bond donors (Lipinski definition) is 2. The van der Waals surface area contributed by atoms with Gasteiger partial charge in [-0.05, 0) is 35.5 Å². The predicted molar refractivity (Wildman–Crippen MR) is 62.9 cm³/mol. The number of benzene rings is 1. The van der Waals surface area contributed by atoms with Gasteiger partial charge in [0.05, 0.1) is 4.91 Å². The molecule has 1 saturated heterocycles. The van der Waals surface area contributed by atoms with Gasteiger partial charge in [0.15, 0.2) is 0 Å². The number of nitrogens with one attached hydrogen (secondary N) is 2. The van der Waals surface area contributed by atoms with Crippen molar-refractivity contribution >= 4 is 34.7 Å². The smallest absolute Gasteiger partial charge is 0.290 e. The summed E-state index contributed by atoms with van der Waals surface area (Å²) in [6.07, 6.45) is 1.52. The van der Waals surface area contributed by atoms with E-state index in [2.05, 4.69) is 5.32 Å². The van der Waals surface area contributed by atoms with E-state index >= 15 is 0 Å². The minimum Gasteiger partial charge on any atom is -0.628 e. The Morgan fingerprint density at radius 1 is 1.18 bits per heavy atom. The molecule has 2 rings (SSSR count). The van der Waals surface area contributed by atoms with Gasteiger partial charge in [-0.25, -0.2) is 0 Å². The van der Waals surface area contributed by atoms with E-state index in [1.54, 1.807) is 0 Å².